The van der Waals surface area contributed by atoms with Crippen molar-refractivity contribution >= 4 is 12.2 Å². The third kappa shape index (κ3) is 7.34. The van der Waals surface area contributed by atoms with Crippen LogP contribution in [-0.4, -0.2) is 43.3 Å². The lowest BCUT2D eigenvalue weighted by Crippen LogP contribution is -2.13. The Hall–Kier alpha value is -1.32. The van der Waals surface area contributed by atoms with E-state index >= 15 is 0 Å². The zero-order chi connectivity index (χ0) is 10.6. The molecule has 14 heavy (non-hydrogen) atoms. The zero-order valence-electron chi connectivity index (χ0n) is 7.68. The van der Waals surface area contributed by atoms with Crippen LogP contribution >= 0.6 is 0 Å². The van der Waals surface area contributed by atoms with E-state index in [-0.39, 0.29) is 13.2 Å². The van der Waals surface area contributed by atoms with Crippen LogP contribution in [0.5, 0.6) is 0 Å². The number of aliphatic imine (C=N–C) groups is 2. The topological polar surface area (TPSA) is 88.3 Å². The van der Waals surface area contributed by atoms with Crippen LogP contribution in [0.15, 0.2) is 9.98 Å². The summed E-state index contributed by atoms with van der Waals surface area (Å²) in [4.78, 5) is 26.4. The second kappa shape index (κ2) is 9.77. The first kappa shape index (κ1) is 12.7. The van der Waals surface area contributed by atoms with Gasteiger partial charge in [0.2, 0.25) is 12.2 Å². The number of aliphatic hydroxyl groups excluding tert-OH is 1. The number of isocyanates is 2. The minimum atomic E-state index is -0.610. The van der Waals surface area contributed by atoms with Crippen LogP contribution in [-0.2, 0) is 14.3 Å². The van der Waals surface area contributed by atoms with E-state index in [9.17, 15) is 9.59 Å². The van der Waals surface area contributed by atoms with Crippen LogP contribution < -0.4 is 0 Å². The molecule has 0 aromatic carbocycles. The van der Waals surface area contributed by atoms with Gasteiger partial charge in [-0.2, -0.15) is 4.99 Å². The summed E-state index contributed by atoms with van der Waals surface area (Å²) < 4.78 is 4.99. The summed E-state index contributed by atoms with van der Waals surface area (Å²) in [6, 6.07) is 0. The summed E-state index contributed by atoms with van der Waals surface area (Å²) >= 11 is 0. The van der Waals surface area contributed by atoms with Crippen LogP contribution in [0.2, 0.25) is 0 Å². The fraction of sp³-hybridized carbons (Fsp3) is 0.750. The Morgan fingerprint density at radius 1 is 1.36 bits per heavy atom. The fourth-order valence-corrected chi connectivity index (χ4v) is 0.823. The number of carbonyl (C=O) groups excluding carboxylic acids is 2. The highest BCUT2D eigenvalue weighted by Gasteiger charge is 2.05. The largest absolute Gasteiger partial charge is 0.394 e. The quantitative estimate of drug-likeness (QED) is 0.333. The molecule has 0 spiro atoms. The molecule has 0 bridgehead atoms. The van der Waals surface area contributed by atoms with Crippen molar-refractivity contribution in [2.45, 2.75) is 19.1 Å². The lowest BCUT2D eigenvalue weighted by atomic mass is 10.3. The van der Waals surface area contributed by atoms with Crippen molar-refractivity contribution in [1.29, 1.82) is 0 Å². The lowest BCUT2D eigenvalue weighted by molar-refractivity contribution is 0.0287. The smallest absolute Gasteiger partial charge is 0.237 e. The molecule has 1 atom stereocenters. The molecule has 78 valence electrons. The summed E-state index contributed by atoms with van der Waals surface area (Å²) in [6.07, 6.45) is 3.20. The van der Waals surface area contributed by atoms with Gasteiger partial charge in [0.05, 0.1) is 19.8 Å². The second-order valence-electron chi connectivity index (χ2n) is 2.38. The Morgan fingerprint density at radius 3 is 2.71 bits per heavy atom. The molecule has 6 heteroatoms. The molecule has 6 nitrogen and oxygen atoms in total. The third-order valence-corrected chi connectivity index (χ3v) is 1.38. The zero-order valence-corrected chi connectivity index (χ0v) is 7.68. The molecule has 0 aliphatic rings. The third-order valence-electron chi connectivity index (χ3n) is 1.38. The van der Waals surface area contributed by atoms with Gasteiger partial charge in [-0.25, -0.2) is 14.6 Å². The van der Waals surface area contributed by atoms with E-state index in [4.69, 9.17) is 9.84 Å². The highest BCUT2D eigenvalue weighted by molar-refractivity contribution is 5.33. The van der Waals surface area contributed by atoms with E-state index in [1.807, 2.05) is 0 Å². The van der Waals surface area contributed by atoms with Crippen LogP contribution in [0.1, 0.15) is 12.8 Å². The molecule has 1 unspecified atom stereocenters. The van der Waals surface area contributed by atoms with Crippen LogP contribution in [0, 0.1) is 0 Å². The number of nitrogens with zero attached hydrogens (tertiary/aromatic N) is 2. The van der Waals surface area contributed by atoms with Crippen LogP contribution in [0.25, 0.3) is 0 Å². The van der Waals surface area contributed by atoms with Gasteiger partial charge in [0.1, 0.15) is 0 Å². The number of hydrogen-bond acceptors (Lipinski definition) is 6. The van der Waals surface area contributed by atoms with Gasteiger partial charge < -0.3 is 9.84 Å². The molecule has 0 aliphatic heterocycles. The number of hydrogen-bond donors (Lipinski definition) is 1. The van der Waals surface area contributed by atoms with Gasteiger partial charge in [-0.3, -0.25) is 0 Å². The minimum Gasteiger partial charge on any atom is -0.394 e. The molecule has 0 aromatic rings. The van der Waals surface area contributed by atoms with E-state index in [0.717, 1.165) is 0 Å². The van der Waals surface area contributed by atoms with Crippen molar-refractivity contribution in [3.63, 3.8) is 0 Å². The van der Waals surface area contributed by atoms with E-state index < -0.39 is 6.23 Å². The molecule has 0 aromatic heterocycles. The molecule has 0 saturated carbocycles. The number of aliphatic hydroxyl groups is 1. The molecular formula is C8H12N2O4. The van der Waals surface area contributed by atoms with Gasteiger partial charge in [0.15, 0.2) is 6.23 Å². The molecule has 0 heterocycles. The minimum absolute atomic E-state index is 0.118. The maximum Gasteiger partial charge on any atom is 0.237 e. The maximum absolute atomic E-state index is 9.95. The van der Waals surface area contributed by atoms with Gasteiger partial charge in [0.25, 0.3) is 0 Å². The summed E-state index contributed by atoms with van der Waals surface area (Å²) in [7, 11) is 0. The predicted molar refractivity (Wildman–Crippen MR) is 47.2 cm³/mol. The van der Waals surface area contributed by atoms with Gasteiger partial charge in [-0.05, 0) is 12.8 Å². The maximum atomic E-state index is 9.95. The molecular weight excluding hydrogens is 188 g/mol. The Morgan fingerprint density at radius 2 is 2.14 bits per heavy atom. The molecule has 1 N–H and O–H groups in total. The summed E-state index contributed by atoms with van der Waals surface area (Å²) in [5.41, 5.74) is 0. The fourth-order valence-electron chi connectivity index (χ4n) is 0.823. The van der Waals surface area contributed by atoms with Crippen molar-refractivity contribution < 1.29 is 19.4 Å². The molecule has 0 fully saturated rings. The highest BCUT2D eigenvalue weighted by atomic mass is 16.5. The van der Waals surface area contributed by atoms with Crippen molar-refractivity contribution in [1.82, 2.24) is 0 Å². The first-order chi connectivity index (χ1) is 6.85. The summed E-state index contributed by atoms with van der Waals surface area (Å²) in [5, 5.41) is 8.46. The Kier molecular flexibility index (Phi) is 8.84. The Labute approximate surface area is 81.3 Å². The van der Waals surface area contributed by atoms with E-state index in [0.29, 0.717) is 19.4 Å². The average Bonchev–Trinajstić information content (AvgIpc) is 2.20. The molecule has 0 rings (SSSR count). The lowest BCUT2D eigenvalue weighted by Gasteiger charge is -2.09. The standard InChI is InChI=1S/C8H12N2O4/c11-4-5-14-8(10-7-13)2-1-3-9-6-12/h8,11H,1-5H2. The number of rotatable bonds is 8. The van der Waals surface area contributed by atoms with Gasteiger partial charge in [0, 0.05) is 0 Å². The Balaban J connectivity index is 3.71. The molecule has 0 aliphatic carbocycles. The van der Waals surface area contributed by atoms with Gasteiger partial charge >= 0.3 is 0 Å². The SMILES string of the molecule is O=C=NCCCC(N=C=O)OCCO. The normalized spacial score (nSPS) is 11.2. The van der Waals surface area contributed by atoms with E-state index in [1.165, 1.54) is 12.2 Å². The van der Waals surface area contributed by atoms with Crippen LogP contribution in [0.3, 0.4) is 0 Å². The number of ether oxygens (including phenoxy) is 1. The Bertz CT molecular complexity index is 231. The van der Waals surface area contributed by atoms with Crippen molar-refractivity contribution in [2.24, 2.45) is 9.98 Å². The van der Waals surface area contributed by atoms with Crippen molar-refractivity contribution in [3.8, 4) is 0 Å². The van der Waals surface area contributed by atoms with E-state index in [2.05, 4.69) is 9.98 Å². The molecule has 0 saturated heterocycles. The molecule has 0 radical (unpaired) electrons. The second-order valence-corrected chi connectivity index (χ2v) is 2.38. The van der Waals surface area contributed by atoms with Crippen LogP contribution in [0.4, 0.5) is 0 Å². The average molecular weight is 200 g/mol. The van der Waals surface area contributed by atoms with Crippen molar-refractivity contribution in [2.75, 3.05) is 19.8 Å². The van der Waals surface area contributed by atoms with E-state index in [1.54, 1.807) is 0 Å². The van der Waals surface area contributed by atoms with Gasteiger partial charge in [-0.1, -0.05) is 0 Å². The monoisotopic (exact) mass is 200 g/mol. The van der Waals surface area contributed by atoms with Crippen molar-refractivity contribution in [3.05, 3.63) is 0 Å². The van der Waals surface area contributed by atoms with Gasteiger partial charge in [-0.15, -0.1) is 0 Å². The summed E-state index contributed by atoms with van der Waals surface area (Å²) in [5.74, 6) is 0. The molecule has 0 amide bonds. The first-order valence-electron chi connectivity index (χ1n) is 4.18. The first-order valence-corrected chi connectivity index (χ1v) is 4.18. The summed E-state index contributed by atoms with van der Waals surface area (Å²) in [6.45, 7) is 0.320. The predicted octanol–water partition coefficient (Wildman–Crippen LogP) is -0.227. The highest BCUT2D eigenvalue weighted by Crippen LogP contribution is 2.03.